The molecule has 0 aromatic carbocycles. The van der Waals surface area contributed by atoms with Crippen LogP contribution >= 0.6 is 0 Å². The van der Waals surface area contributed by atoms with Gasteiger partial charge in [-0.15, -0.1) is 0 Å². The summed E-state index contributed by atoms with van der Waals surface area (Å²) in [6.07, 6.45) is -1.37. The molecule has 0 aromatic heterocycles. The zero-order valence-corrected chi connectivity index (χ0v) is 16.5. The second kappa shape index (κ2) is 14.6. The second-order valence-electron chi connectivity index (χ2n) is 5.89. The van der Waals surface area contributed by atoms with E-state index in [-0.39, 0.29) is 19.6 Å². The van der Waals surface area contributed by atoms with Crippen LogP contribution in [0.15, 0.2) is 0 Å². The van der Waals surface area contributed by atoms with Gasteiger partial charge in [0.1, 0.15) is 18.1 Å². The summed E-state index contributed by atoms with van der Waals surface area (Å²) in [5.74, 6) is -2.59. The van der Waals surface area contributed by atoms with Crippen molar-refractivity contribution in [1.29, 1.82) is 0 Å². The smallest absolute Gasteiger partial charge is 0.405 e. The van der Waals surface area contributed by atoms with Crippen LogP contribution in [-0.2, 0) is 14.4 Å². The molecule has 3 amide bonds. The first kappa shape index (κ1) is 25.6. The molecule has 28 heavy (non-hydrogen) atoms. The third-order valence-electron chi connectivity index (χ3n) is 3.66. The number of hydrogen-bond acceptors (Lipinski definition) is 7. The molecule has 0 rings (SSSR count). The molecule has 3 unspecified atom stereocenters. The van der Waals surface area contributed by atoms with Crippen LogP contribution < -0.4 is 31.9 Å². The number of rotatable bonds is 15. The predicted octanol–water partition coefficient (Wildman–Crippen LogP) is -2.49. The molecule has 0 aromatic rings. The zero-order chi connectivity index (χ0) is 21.5. The molecule has 12 nitrogen and oxygen atoms in total. The number of hydrogen-bond donors (Lipinski definition) is 8. The van der Waals surface area contributed by atoms with E-state index >= 15 is 0 Å². The largest absolute Gasteiger partial charge is 0.480 e. The molecule has 0 aliphatic rings. The Morgan fingerprint density at radius 2 is 1.00 bits per heavy atom. The number of carbonyl (C=O) groups is 4. The number of carboxylic acids is 1. The second-order valence-corrected chi connectivity index (χ2v) is 5.89. The van der Waals surface area contributed by atoms with Gasteiger partial charge >= 0.3 is 12.1 Å². The van der Waals surface area contributed by atoms with Gasteiger partial charge in [0.05, 0.1) is 0 Å². The summed E-state index contributed by atoms with van der Waals surface area (Å²) in [6.45, 7) is 7.12. The highest BCUT2D eigenvalue weighted by molar-refractivity contribution is 5.93. The molecule has 0 spiro atoms. The van der Waals surface area contributed by atoms with Crippen LogP contribution in [0.4, 0.5) is 4.79 Å². The van der Waals surface area contributed by atoms with Crippen molar-refractivity contribution >= 4 is 23.9 Å². The lowest BCUT2D eigenvalue weighted by molar-refractivity contribution is -0.142. The van der Waals surface area contributed by atoms with Crippen LogP contribution in [-0.4, -0.2) is 91.5 Å². The number of likely N-dealkylation sites (N-methyl/N-ethyl adjacent to an activating group) is 3. The van der Waals surface area contributed by atoms with Crippen LogP contribution in [0.25, 0.3) is 0 Å². The molecule has 162 valence electrons. The third-order valence-corrected chi connectivity index (χ3v) is 3.66. The summed E-state index contributed by atoms with van der Waals surface area (Å²) in [7, 11) is 0. The summed E-state index contributed by atoms with van der Waals surface area (Å²) in [6, 6.07) is -3.34. The van der Waals surface area contributed by atoms with Gasteiger partial charge in [-0.05, 0) is 19.6 Å². The lowest BCUT2D eigenvalue weighted by Gasteiger charge is -2.24. The highest BCUT2D eigenvalue weighted by Gasteiger charge is 2.29. The van der Waals surface area contributed by atoms with E-state index in [9.17, 15) is 24.3 Å². The van der Waals surface area contributed by atoms with Gasteiger partial charge in [-0.2, -0.15) is 0 Å². The van der Waals surface area contributed by atoms with Crippen molar-refractivity contribution in [2.24, 2.45) is 0 Å². The first-order chi connectivity index (χ1) is 13.3. The number of amides is 3. The van der Waals surface area contributed by atoms with Crippen molar-refractivity contribution in [2.45, 2.75) is 38.9 Å². The molecule has 0 fully saturated rings. The van der Waals surface area contributed by atoms with E-state index in [2.05, 4.69) is 31.9 Å². The van der Waals surface area contributed by atoms with E-state index in [0.29, 0.717) is 19.6 Å². The molecule has 0 aliphatic heterocycles. The lowest BCUT2D eigenvalue weighted by atomic mass is 10.2. The van der Waals surface area contributed by atoms with Gasteiger partial charge in [-0.1, -0.05) is 20.8 Å². The number of aliphatic carboxylic acids is 1. The summed E-state index contributed by atoms with van der Waals surface area (Å²) < 4.78 is 0. The fourth-order valence-electron chi connectivity index (χ4n) is 2.18. The molecule has 3 atom stereocenters. The highest BCUT2D eigenvalue weighted by Crippen LogP contribution is 1.92. The standard InChI is InChI=1S/C16H32N6O6/c1-4-17-7-10(13(23)21-12(15(25)26)9-19-6-3)20-14(24)11(8-18-5-2)22-16(27)28/h10-12,17-19,22H,4-9H2,1-3H3,(H,20,24)(H,21,23)(H,25,26)(H,27,28). The minimum atomic E-state index is -1.37. The van der Waals surface area contributed by atoms with E-state index in [1.807, 2.05) is 6.92 Å². The highest BCUT2D eigenvalue weighted by atomic mass is 16.4. The fraction of sp³-hybridized carbons (Fsp3) is 0.750. The average molecular weight is 404 g/mol. The van der Waals surface area contributed by atoms with Crippen LogP contribution in [0.2, 0.25) is 0 Å². The lowest BCUT2D eigenvalue weighted by Crippen LogP contribution is -2.60. The van der Waals surface area contributed by atoms with Crippen molar-refractivity contribution < 1.29 is 29.4 Å². The molecular weight excluding hydrogens is 372 g/mol. The maximum atomic E-state index is 12.5. The summed E-state index contributed by atoms with van der Waals surface area (Å²) in [5, 5.41) is 33.7. The molecule has 0 bridgehead atoms. The summed E-state index contributed by atoms with van der Waals surface area (Å²) >= 11 is 0. The molecule has 0 radical (unpaired) electrons. The maximum absolute atomic E-state index is 12.5. The van der Waals surface area contributed by atoms with E-state index < -0.39 is 42.0 Å². The van der Waals surface area contributed by atoms with E-state index in [1.54, 1.807) is 13.8 Å². The van der Waals surface area contributed by atoms with Crippen LogP contribution in [0.5, 0.6) is 0 Å². The molecule has 12 heteroatoms. The Kier molecular flexibility index (Phi) is 13.3. The number of nitrogens with one attached hydrogen (secondary N) is 6. The first-order valence-electron chi connectivity index (χ1n) is 9.21. The third kappa shape index (κ3) is 10.6. The molecular formula is C16H32N6O6. The Balaban J connectivity index is 5.14. The van der Waals surface area contributed by atoms with E-state index in [0.717, 1.165) is 0 Å². The van der Waals surface area contributed by atoms with Crippen LogP contribution in [0, 0.1) is 0 Å². The summed E-state index contributed by atoms with van der Waals surface area (Å²) in [4.78, 5) is 47.2. The van der Waals surface area contributed by atoms with Crippen molar-refractivity contribution in [3.63, 3.8) is 0 Å². The van der Waals surface area contributed by atoms with Crippen molar-refractivity contribution in [3.8, 4) is 0 Å². The zero-order valence-electron chi connectivity index (χ0n) is 16.5. The van der Waals surface area contributed by atoms with Gasteiger partial charge in [0.15, 0.2) is 0 Å². The molecule has 0 saturated heterocycles. The minimum Gasteiger partial charge on any atom is -0.480 e. The Bertz CT molecular complexity index is 518. The molecule has 0 aliphatic carbocycles. The minimum absolute atomic E-state index is 0.0308. The Morgan fingerprint density at radius 3 is 1.36 bits per heavy atom. The Hall–Kier alpha value is -2.44. The van der Waals surface area contributed by atoms with Gasteiger partial charge in [0, 0.05) is 19.6 Å². The van der Waals surface area contributed by atoms with Crippen LogP contribution in [0.1, 0.15) is 20.8 Å². The SMILES string of the molecule is CCNCC(NC(=O)C(CNCC)NC(=O)C(CNCC)NC(=O)O)C(=O)O. The van der Waals surface area contributed by atoms with Crippen molar-refractivity contribution in [2.75, 3.05) is 39.3 Å². The Morgan fingerprint density at radius 1 is 0.643 bits per heavy atom. The number of carboxylic acid groups (broad SMARTS) is 2. The van der Waals surface area contributed by atoms with Crippen LogP contribution in [0.3, 0.4) is 0 Å². The van der Waals surface area contributed by atoms with E-state index in [4.69, 9.17) is 5.11 Å². The Labute approximate surface area is 164 Å². The predicted molar refractivity (Wildman–Crippen MR) is 102 cm³/mol. The maximum Gasteiger partial charge on any atom is 0.405 e. The van der Waals surface area contributed by atoms with Gasteiger partial charge in [0.2, 0.25) is 11.8 Å². The number of carbonyl (C=O) groups excluding carboxylic acids is 2. The van der Waals surface area contributed by atoms with Gasteiger partial charge in [0.25, 0.3) is 0 Å². The molecule has 0 saturated carbocycles. The molecule has 8 N–H and O–H groups in total. The quantitative estimate of drug-likeness (QED) is 0.146. The van der Waals surface area contributed by atoms with E-state index in [1.165, 1.54) is 0 Å². The monoisotopic (exact) mass is 404 g/mol. The van der Waals surface area contributed by atoms with Gasteiger partial charge < -0.3 is 42.1 Å². The van der Waals surface area contributed by atoms with Gasteiger partial charge in [-0.3, -0.25) is 9.59 Å². The van der Waals surface area contributed by atoms with Crippen molar-refractivity contribution in [1.82, 2.24) is 31.9 Å². The van der Waals surface area contributed by atoms with Gasteiger partial charge in [-0.25, -0.2) is 9.59 Å². The van der Waals surface area contributed by atoms with Crippen molar-refractivity contribution in [3.05, 3.63) is 0 Å². The summed E-state index contributed by atoms with van der Waals surface area (Å²) in [5.41, 5.74) is 0. The topological polar surface area (TPSA) is 181 Å². The molecule has 0 heterocycles. The fourth-order valence-corrected chi connectivity index (χ4v) is 2.18. The normalized spacial score (nSPS) is 13.8. The average Bonchev–Trinajstić information content (AvgIpc) is 2.64. The first-order valence-corrected chi connectivity index (χ1v) is 9.21.